The van der Waals surface area contributed by atoms with Crippen molar-refractivity contribution in [1.82, 2.24) is 5.32 Å². The molecule has 0 radical (unpaired) electrons. The summed E-state index contributed by atoms with van der Waals surface area (Å²) in [5.41, 5.74) is 0.701. The molecule has 0 bridgehead atoms. The summed E-state index contributed by atoms with van der Waals surface area (Å²) in [7, 11) is 0. The molecule has 0 aliphatic carbocycles. The van der Waals surface area contributed by atoms with E-state index >= 15 is 0 Å². The smallest absolute Gasteiger partial charge is 0.100 e. The first kappa shape index (κ1) is 4.88. The van der Waals surface area contributed by atoms with E-state index in [9.17, 15) is 0 Å². The third-order valence-electron chi connectivity index (χ3n) is 0.844. The molecule has 2 heteroatoms. The lowest BCUT2D eigenvalue weighted by atomic mass is 10.3. The summed E-state index contributed by atoms with van der Waals surface area (Å²) in [6.45, 7) is 0. The zero-order valence-corrected chi connectivity index (χ0v) is 4.31. The number of rotatable bonds is 0. The van der Waals surface area contributed by atoms with Gasteiger partial charge in [-0.1, -0.05) is 6.08 Å². The largest absolute Gasteiger partial charge is 0.354 e. The highest BCUT2D eigenvalue weighted by molar-refractivity contribution is 5.59. The Balaban J connectivity index is 2.80. The van der Waals surface area contributed by atoms with Gasteiger partial charge in [0, 0.05) is 12.1 Å². The second kappa shape index (κ2) is 2.15. The van der Waals surface area contributed by atoms with Crippen LogP contribution >= 0.6 is 0 Å². The number of hydrogen-bond acceptors (Lipinski definition) is 2. The summed E-state index contributed by atoms with van der Waals surface area (Å²) in [5.74, 6) is 2.22. The van der Waals surface area contributed by atoms with Crippen LogP contribution in [-0.2, 0) is 0 Å². The number of dihydropyridines is 1. The monoisotopic (exact) mass is 106 g/mol. The van der Waals surface area contributed by atoms with Gasteiger partial charge in [0.25, 0.3) is 0 Å². The molecule has 1 aliphatic heterocycles. The summed E-state index contributed by atoms with van der Waals surface area (Å²) >= 11 is 0. The molecule has 0 aromatic carbocycles. The fourth-order valence-corrected chi connectivity index (χ4v) is 0.471. The van der Waals surface area contributed by atoms with Gasteiger partial charge in [0.1, 0.15) is 5.70 Å². The van der Waals surface area contributed by atoms with Gasteiger partial charge in [-0.2, -0.15) is 0 Å². The molecule has 0 amide bonds. The Hall–Kier alpha value is -1.27. The van der Waals surface area contributed by atoms with Gasteiger partial charge in [-0.25, -0.2) is 0 Å². The first-order valence-electron chi connectivity index (χ1n) is 2.33. The summed E-state index contributed by atoms with van der Waals surface area (Å²) in [4.78, 5) is 0. The molecule has 0 saturated heterocycles. The van der Waals surface area contributed by atoms with Crippen LogP contribution in [0.25, 0.3) is 0 Å². The van der Waals surface area contributed by atoms with E-state index in [-0.39, 0.29) is 0 Å². The molecule has 1 heterocycles. The zero-order chi connectivity index (χ0) is 5.82. The maximum atomic E-state index is 6.66. The van der Waals surface area contributed by atoms with Crippen molar-refractivity contribution in [2.24, 2.45) is 0 Å². The highest BCUT2D eigenvalue weighted by Crippen LogP contribution is 1.91. The fourth-order valence-electron chi connectivity index (χ4n) is 0.471. The third kappa shape index (κ3) is 0.863. The van der Waals surface area contributed by atoms with E-state index in [1.165, 1.54) is 0 Å². The van der Waals surface area contributed by atoms with Gasteiger partial charge in [-0.3, -0.25) is 5.41 Å². The van der Waals surface area contributed by atoms with Crippen molar-refractivity contribution in [3.8, 4) is 0 Å². The van der Waals surface area contributed by atoms with Crippen LogP contribution in [0.3, 0.4) is 0 Å². The molecule has 0 spiro atoms. The molecule has 1 aliphatic rings. The molecule has 0 unspecified atom stereocenters. The lowest BCUT2D eigenvalue weighted by molar-refractivity contribution is 1.12. The van der Waals surface area contributed by atoms with E-state index < -0.39 is 0 Å². The van der Waals surface area contributed by atoms with Crippen molar-refractivity contribution in [3.63, 3.8) is 0 Å². The Morgan fingerprint density at radius 1 is 1.50 bits per heavy atom. The van der Waals surface area contributed by atoms with Crippen LogP contribution in [0.5, 0.6) is 0 Å². The van der Waals surface area contributed by atoms with E-state index in [2.05, 4.69) is 11.2 Å². The van der Waals surface area contributed by atoms with E-state index in [1.54, 1.807) is 12.3 Å². The maximum absolute atomic E-state index is 6.66. The molecular weight excluding hydrogens is 100 g/mol. The summed E-state index contributed by atoms with van der Waals surface area (Å²) in [5, 5.41) is 9.48. The summed E-state index contributed by atoms with van der Waals surface area (Å²) in [6, 6.07) is 0. The first-order valence-corrected chi connectivity index (χ1v) is 2.33. The second-order valence-electron chi connectivity index (χ2n) is 1.40. The second-order valence-corrected chi connectivity index (χ2v) is 1.40. The first-order chi connectivity index (χ1) is 3.93. The van der Waals surface area contributed by atoms with Crippen molar-refractivity contribution in [3.05, 3.63) is 30.1 Å². The van der Waals surface area contributed by atoms with Crippen LogP contribution in [0.4, 0.5) is 0 Å². The molecule has 2 nitrogen and oxygen atoms in total. The summed E-state index contributed by atoms with van der Waals surface area (Å²) < 4.78 is 0. The molecule has 1 rings (SSSR count). The van der Waals surface area contributed by atoms with E-state index in [0.717, 1.165) is 0 Å². The van der Waals surface area contributed by atoms with Crippen LogP contribution in [0, 0.1) is 5.41 Å². The number of nitrogens with one attached hydrogen (secondary N) is 2. The fraction of sp³-hybridized carbons (Fsp3) is 0. The molecule has 0 aromatic heterocycles. The van der Waals surface area contributed by atoms with Crippen LogP contribution in [0.1, 0.15) is 0 Å². The summed E-state index contributed by atoms with van der Waals surface area (Å²) in [6.07, 6.45) is 7.26. The van der Waals surface area contributed by atoms with Crippen LogP contribution in [0.15, 0.2) is 30.1 Å². The van der Waals surface area contributed by atoms with Gasteiger partial charge in [0.05, 0.1) is 0 Å². The Labute approximate surface area is 47.7 Å². The van der Waals surface area contributed by atoms with Crippen molar-refractivity contribution >= 4 is 5.87 Å². The van der Waals surface area contributed by atoms with Crippen LogP contribution in [-0.4, -0.2) is 5.87 Å². The van der Waals surface area contributed by atoms with Crippen molar-refractivity contribution in [2.45, 2.75) is 0 Å². The Bertz CT molecular complexity index is 183. The predicted octanol–water partition coefficient (Wildman–Crippen LogP) is 0.792. The Morgan fingerprint density at radius 3 is 2.75 bits per heavy atom. The average molecular weight is 106 g/mol. The average Bonchev–Trinajstić information content (AvgIpc) is 1.90. The predicted molar refractivity (Wildman–Crippen MR) is 32.7 cm³/mol. The van der Waals surface area contributed by atoms with Crippen molar-refractivity contribution in [1.29, 1.82) is 5.41 Å². The van der Waals surface area contributed by atoms with Crippen LogP contribution in [0.2, 0.25) is 0 Å². The van der Waals surface area contributed by atoms with Gasteiger partial charge in [-0.15, -0.1) is 0 Å². The molecule has 0 atom stereocenters. The molecule has 2 N–H and O–H groups in total. The molecule has 8 heavy (non-hydrogen) atoms. The zero-order valence-electron chi connectivity index (χ0n) is 4.31. The SMILES string of the molecule is N=C=C1C=CC=CN1. The maximum Gasteiger partial charge on any atom is 0.100 e. The molecule has 0 fully saturated rings. The normalized spacial score (nSPS) is 15.2. The topological polar surface area (TPSA) is 35.9 Å². The Kier molecular flexibility index (Phi) is 1.31. The lowest BCUT2D eigenvalue weighted by Gasteiger charge is -1.98. The minimum Gasteiger partial charge on any atom is -0.354 e. The van der Waals surface area contributed by atoms with Gasteiger partial charge < -0.3 is 5.32 Å². The van der Waals surface area contributed by atoms with Crippen LogP contribution < -0.4 is 5.32 Å². The lowest BCUT2D eigenvalue weighted by Crippen LogP contribution is -2.04. The van der Waals surface area contributed by atoms with Crippen molar-refractivity contribution < 1.29 is 0 Å². The highest BCUT2D eigenvalue weighted by atomic mass is 14.8. The van der Waals surface area contributed by atoms with Gasteiger partial charge in [0.15, 0.2) is 0 Å². The quantitative estimate of drug-likeness (QED) is 0.440. The molecule has 40 valence electrons. The van der Waals surface area contributed by atoms with Gasteiger partial charge >= 0.3 is 0 Å². The van der Waals surface area contributed by atoms with Gasteiger partial charge in [-0.05, 0) is 12.2 Å². The molecule has 0 saturated carbocycles. The van der Waals surface area contributed by atoms with Crippen molar-refractivity contribution in [2.75, 3.05) is 0 Å². The van der Waals surface area contributed by atoms with E-state index in [1.807, 2.05) is 12.2 Å². The number of allylic oxidation sites excluding steroid dienone is 3. The van der Waals surface area contributed by atoms with Gasteiger partial charge in [0.2, 0.25) is 0 Å². The third-order valence-corrected chi connectivity index (χ3v) is 0.844. The minimum atomic E-state index is 0.701. The minimum absolute atomic E-state index is 0.701. The highest BCUT2D eigenvalue weighted by Gasteiger charge is 1.86. The standard InChI is InChI=1S/C6H6N2/c7-5-6-3-1-2-4-8-6/h1-4,7-8H. The van der Waals surface area contributed by atoms with E-state index in [0.29, 0.717) is 5.70 Å². The Morgan fingerprint density at radius 2 is 2.38 bits per heavy atom. The molecule has 0 aromatic rings. The molecular formula is C6H6N2. The number of hydrogen-bond donors (Lipinski definition) is 2. The van der Waals surface area contributed by atoms with E-state index in [4.69, 9.17) is 5.41 Å².